The normalized spacial score (nSPS) is 52.2. The third-order valence-electron chi connectivity index (χ3n) is 7.08. The molecule has 5 fully saturated rings. The maximum atomic E-state index is 6.41. The molecule has 1 heteroatoms. The highest BCUT2D eigenvalue weighted by atomic mass is 14.7. The van der Waals surface area contributed by atoms with Crippen LogP contribution < -0.4 is 5.73 Å². The highest BCUT2D eigenvalue weighted by Gasteiger charge is 2.58. The molecule has 5 rings (SSSR count). The van der Waals surface area contributed by atoms with Crippen LogP contribution in [0.15, 0.2) is 0 Å². The Morgan fingerprint density at radius 1 is 0.941 bits per heavy atom. The molecule has 2 N–H and O–H groups in total. The first-order chi connectivity index (χ1) is 8.19. The highest BCUT2D eigenvalue weighted by molar-refractivity contribution is 5.09. The molecular weight excluding hydrogens is 206 g/mol. The van der Waals surface area contributed by atoms with Crippen molar-refractivity contribution in [2.24, 2.45) is 40.7 Å². The molecule has 4 bridgehead atoms. The van der Waals surface area contributed by atoms with E-state index >= 15 is 0 Å². The maximum Gasteiger partial charge on any atom is 0.00698 e. The molecule has 96 valence electrons. The Bertz CT molecular complexity index is 287. The van der Waals surface area contributed by atoms with Gasteiger partial charge in [0.1, 0.15) is 0 Å². The summed E-state index contributed by atoms with van der Waals surface area (Å²) in [5.41, 5.74) is 6.98. The maximum absolute atomic E-state index is 6.41. The largest absolute Gasteiger partial charge is 0.327 e. The monoisotopic (exact) mass is 233 g/mol. The third kappa shape index (κ3) is 1.35. The fraction of sp³-hybridized carbons (Fsp3) is 1.00. The summed E-state index contributed by atoms with van der Waals surface area (Å²) >= 11 is 0. The Hall–Kier alpha value is -0.0400. The highest BCUT2D eigenvalue weighted by Crippen LogP contribution is 2.65. The van der Waals surface area contributed by atoms with E-state index < -0.39 is 0 Å². The number of hydrogen-bond donors (Lipinski definition) is 1. The van der Waals surface area contributed by atoms with Gasteiger partial charge in [0.15, 0.2) is 0 Å². The van der Waals surface area contributed by atoms with Gasteiger partial charge in [0.05, 0.1) is 0 Å². The van der Waals surface area contributed by atoms with Gasteiger partial charge in [-0.1, -0.05) is 6.42 Å². The molecule has 0 aromatic rings. The molecule has 1 atom stereocenters. The van der Waals surface area contributed by atoms with Crippen LogP contribution >= 0.6 is 0 Å². The summed E-state index contributed by atoms with van der Waals surface area (Å²) in [5, 5.41) is 0. The predicted octanol–water partition coefficient (Wildman–Crippen LogP) is 3.58. The summed E-state index contributed by atoms with van der Waals surface area (Å²) in [6, 6.07) is 0.443. The van der Waals surface area contributed by atoms with E-state index in [1.54, 1.807) is 32.1 Å². The average Bonchev–Trinajstić information content (AvgIpc) is 2.18. The van der Waals surface area contributed by atoms with Gasteiger partial charge in [-0.2, -0.15) is 0 Å². The summed E-state index contributed by atoms with van der Waals surface area (Å²) in [7, 11) is 0. The van der Waals surface area contributed by atoms with Gasteiger partial charge in [0.2, 0.25) is 0 Å². The van der Waals surface area contributed by atoms with Crippen molar-refractivity contribution in [3.05, 3.63) is 0 Å². The molecular formula is C16H27N. The van der Waals surface area contributed by atoms with Crippen LogP contribution in [0.1, 0.15) is 58.3 Å². The van der Waals surface area contributed by atoms with Crippen LogP contribution in [0.3, 0.4) is 0 Å². The van der Waals surface area contributed by atoms with E-state index in [4.69, 9.17) is 5.73 Å². The SMILES string of the molecule is CC(N)C1(C2C3CC4CC(C3)CC2C4)CCC1. The molecule has 0 radical (unpaired) electrons. The van der Waals surface area contributed by atoms with Gasteiger partial charge in [-0.25, -0.2) is 0 Å². The zero-order valence-electron chi connectivity index (χ0n) is 11.2. The van der Waals surface area contributed by atoms with Crippen molar-refractivity contribution < 1.29 is 0 Å². The Labute approximate surface area is 106 Å². The second-order valence-electron chi connectivity index (χ2n) is 7.83. The molecule has 0 aromatic carbocycles. The van der Waals surface area contributed by atoms with Crippen molar-refractivity contribution in [1.29, 1.82) is 0 Å². The van der Waals surface area contributed by atoms with Crippen molar-refractivity contribution in [1.82, 2.24) is 0 Å². The van der Waals surface area contributed by atoms with E-state index in [2.05, 4.69) is 6.92 Å². The van der Waals surface area contributed by atoms with Crippen molar-refractivity contribution in [3.63, 3.8) is 0 Å². The van der Waals surface area contributed by atoms with Crippen molar-refractivity contribution in [2.75, 3.05) is 0 Å². The molecule has 0 spiro atoms. The van der Waals surface area contributed by atoms with E-state index in [1.165, 1.54) is 19.3 Å². The first-order valence-electron chi connectivity index (χ1n) is 7.94. The minimum Gasteiger partial charge on any atom is -0.327 e. The van der Waals surface area contributed by atoms with E-state index in [-0.39, 0.29) is 0 Å². The molecule has 0 saturated heterocycles. The van der Waals surface area contributed by atoms with E-state index in [9.17, 15) is 0 Å². The lowest BCUT2D eigenvalue weighted by molar-refractivity contribution is -0.132. The van der Waals surface area contributed by atoms with Crippen LogP contribution in [0.25, 0.3) is 0 Å². The lowest BCUT2D eigenvalue weighted by Crippen LogP contribution is -2.59. The molecule has 0 amide bonds. The van der Waals surface area contributed by atoms with Crippen LogP contribution in [0.4, 0.5) is 0 Å². The molecule has 17 heavy (non-hydrogen) atoms. The van der Waals surface area contributed by atoms with Gasteiger partial charge in [-0.15, -0.1) is 0 Å². The van der Waals surface area contributed by atoms with E-state index in [1.807, 2.05) is 0 Å². The van der Waals surface area contributed by atoms with Gasteiger partial charge in [0.25, 0.3) is 0 Å². The molecule has 0 heterocycles. The predicted molar refractivity (Wildman–Crippen MR) is 70.5 cm³/mol. The van der Waals surface area contributed by atoms with Crippen molar-refractivity contribution in [2.45, 2.75) is 64.3 Å². The Balaban J connectivity index is 1.65. The quantitative estimate of drug-likeness (QED) is 0.775. The lowest BCUT2D eigenvalue weighted by atomic mass is 9.42. The smallest absolute Gasteiger partial charge is 0.00698 e. The Morgan fingerprint density at radius 2 is 1.47 bits per heavy atom. The standard InChI is InChI=1S/C16H27N/c1-10(17)16(3-2-4-16)15-13-6-11-5-12(8-13)9-14(15)7-11/h10-15H,2-9,17H2,1H3. The van der Waals surface area contributed by atoms with Crippen LogP contribution in [0, 0.1) is 35.0 Å². The fourth-order valence-corrected chi connectivity index (χ4v) is 6.54. The van der Waals surface area contributed by atoms with Crippen LogP contribution in [-0.4, -0.2) is 6.04 Å². The van der Waals surface area contributed by atoms with Crippen molar-refractivity contribution in [3.8, 4) is 0 Å². The van der Waals surface area contributed by atoms with Gasteiger partial charge in [-0.05, 0) is 86.9 Å². The zero-order chi connectivity index (χ0) is 11.6. The van der Waals surface area contributed by atoms with Gasteiger partial charge < -0.3 is 5.73 Å². The molecule has 1 nitrogen and oxygen atoms in total. The number of nitrogens with two attached hydrogens (primary N) is 1. The van der Waals surface area contributed by atoms with E-state index in [0.29, 0.717) is 11.5 Å². The van der Waals surface area contributed by atoms with Gasteiger partial charge in [0, 0.05) is 6.04 Å². The second-order valence-corrected chi connectivity index (χ2v) is 7.83. The first-order valence-corrected chi connectivity index (χ1v) is 7.94. The summed E-state index contributed by atoms with van der Waals surface area (Å²) in [4.78, 5) is 0. The second kappa shape index (κ2) is 3.50. The first kappa shape index (κ1) is 10.8. The Morgan fingerprint density at radius 3 is 1.82 bits per heavy atom. The van der Waals surface area contributed by atoms with Gasteiger partial charge >= 0.3 is 0 Å². The topological polar surface area (TPSA) is 26.0 Å². The van der Waals surface area contributed by atoms with E-state index in [0.717, 1.165) is 29.6 Å². The molecule has 5 saturated carbocycles. The number of rotatable bonds is 2. The third-order valence-corrected chi connectivity index (χ3v) is 7.08. The average molecular weight is 233 g/mol. The van der Waals surface area contributed by atoms with Crippen LogP contribution in [0.5, 0.6) is 0 Å². The Kier molecular flexibility index (Phi) is 2.23. The molecule has 1 unspecified atom stereocenters. The minimum atomic E-state index is 0.443. The molecule has 5 aliphatic rings. The summed E-state index contributed by atoms with van der Waals surface area (Å²) in [6.07, 6.45) is 12.2. The summed E-state index contributed by atoms with van der Waals surface area (Å²) in [5.74, 6) is 5.37. The van der Waals surface area contributed by atoms with Crippen molar-refractivity contribution >= 4 is 0 Å². The zero-order valence-corrected chi connectivity index (χ0v) is 11.2. The van der Waals surface area contributed by atoms with Crippen LogP contribution in [-0.2, 0) is 0 Å². The molecule has 5 aliphatic carbocycles. The number of hydrogen-bond acceptors (Lipinski definition) is 1. The minimum absolute atomic E-state index is 0.443. The molecule has 0 aromatic heterocycles. The lowest BCUT2D eigenvalue weighted by Gasteiger charge is -2.64. The fourth-order valence-electron chi connectivity index (χ4n) is 6.54. The summed E-state index contributed by atoms with van der Waals surface area (Å²) in [6.45, 7) is 2.30. The van der Waals surface area contributed by atoms with Gasteiger partial charge in [-0.3, -0.25) is 0 Å². The van der Waals surface area contributed by atoms with Crippen LogP contribution in [0.2, 0.25) is 0 Å². The molecule has 0 aliphatic heterocycles. The summed E-state index contributed by atoms with van der Waals surface area (Å²) < 4.78 is 0.